The Balaban J connectivity index is 1.87. The lowest BCUT2D eigenvalue weighted by molar-refractivity contribution is 0.0952. The molecule has 0 radical (unpaired) electrons. The maximum absolute atomic E-state index is 12.9. The van der Waals surface area contributed by atoms with Crippen LogP contribution >= 0.6 is 0 Å². The van der Waals surface area contributed by atoms with E-state index in [1.54, 1.807) is 0 Å². The number of halogens is 3. The molecule has 0 bridgehead atoms. The summed E-state index contributed by atoms with van der Waals surface area (Å²) >= 11 is 0. The van der Waals surface area contributed by atoms with Crippen LogP contribution in [0.3, 0.4) is 0 Å². The van der Waals surface area contributed by atoms with Crippen molar-refractivity contribution in [3.05, 3.63) is 35.1 Å². The first kappa shape index (κ1) is 12.9. The van der Waals surface area contributed by atoms with E-state index in [1.165, 1.54) is 0 Å². The van der Waals surface area contributed by atoms with E-state index in [0.29, 0.717) is 31.3 Å². The van der Waals surface area contributed by atoms with Crippen LogP contribution in [0.5, 0.6) is 0 Å². The molecule has 0 saturated heterocycles. The number of amides is 1. The first-order valence-corrected chi connectivity index (χ1v) is 5.74. The van der Waals surface area contributed by atoms with Gasteiger partial charge >= 0.3 is 0 Å². The smallest absolute Gasteiger partial charge is 0.251 e. The lowest BCUT2D eigenvalue weighted by Crippen LogP contribution is -2.32. The largest absolute Gasteiger partial charge is 0.351 e. The van der Waals surface area contributed by atoms with E-state index in [4.69, 9.17) is 0 Å². The summed E-state index contributed by atoms with van der Waals surface area (Å²) in [7, 11) is 0. The summed E-state index contributed by atoms with van der Waals surface area (Å²) in [6.45, 7) is 0.957. The van der Waals surface area contributed by atoms with E-state index in [1.807, 2.05) is 0 Å². The first-order chi connectivity index (χ1) is 8.58. The van der Waals surface area contributed by atoms with Gasteiger partial charge in [0.05, 0.1) is 0 Å². The van der Waals surface area contributed by atoms with Gasteiger partial charge < -0.3 is 10.6 Å². The molecule has 2 N–H and O–H groups in total. The third kappa shape index (κ3) is 3.22. The number of hydrogen-bond acceptors (Lipinski definition) is 2. The molecule has 18 heavy (non-hydrogen) atoms. The van der Waals surface area contributed by atoms with Crippen LogP contribution in [0.1, 0.15) is 23.2 Å². The van der Waals surface area contributed by atoms with Crippen LogP contribution in [0.25, 0.3) is 0 Å². The minimum absolute atomic E-state index is 0.224. The van der Waals surface area contributed by atoms with E-state index in [9.17, 15) is 18.0 Å². The van der Waals surface area contributed by atoms with Crippen molar-refractivity contribution in [3.8, 4) is 0 Å². The topological polar surface area (TPSA) is 41.1 Å². The van der Waals surface area contributed by atoms with Crippen LogP contribution in [0.4, 0.5) is 13.2 Å². The van der Waals surface area contributed by atoms with Crippen molar-refractivity contribution in [2.24, 2.45) is 0 Å². The van der Waals surface area contributed by atoms with Crippen LogP contribution in [0.15, 0.2) is 12.1 Å². The molecular weight excluding hydrogens is 245 g/mol. The SMILES string of the molecule is O=C(NCCNC1CC1)c1cc(F)c(F)c(F)c1. The van der Waals surface area contributed by atoms with Crippen molar-refractivity contribution >= 4 is 5.91 Å². The van der Waals surface area contributed by atoms with Gasteiger partial charge in [0, 0.05) is 24.7 Å². The van der Waals surface area contributed by atoms with Crippen LogP contribution in [-0.2, 0) is 0 Å². The molecule has 98 valence electrons. The lowest BCUT2D eigenvalue weighted by atomic mass is 10.2. The Hall–Kier alpha value is -1.56. The Bertz CT molecular complexity index is 438. The van der Waals surface area contributed by atoms with Crippen molar-refractivity contribution in [1.82, 2.24) is 10.6 Å². The maximum Gasteiger partial charge on any atom is 0.251 e. The maximum atomic E-state index is 12.9. The molecule has 1 aromatic carbocycles. The van der Waals surface area contributed by atoms with Crippen molar-refractivity contribution in [1.29, 1.82) is 0 Å². The van der Waals surface area contributed by atoms with Gasteiger partial charge in [-0.3, -0.25) is 4.79 Å². The molecule has 0 heterocycles. The van der Waals surface area contributed by atoms with Gasteiger partial charge in [0.2, 0.25) is 0 Å². The average Bonchev–Trinajstić information content (AvgIpc) is 3.14. The molecule has 0 atom stereocenters. The van der Waals surface area contributed by atoms with Crippen LogP contribution < -0.4 is 10.6 Å². The van der Waals surface area contributed by atoms with Gasteiger partial charge in [-0.15, -0.1) is 0 Å². The van der Waals surface area contributed by atoms with Gasteiger partial charge in [0.1, 0.15) is 0 Å². The highest BCUT2D eigenvalue weighted by molar-refractivity contribution is 5.94. The monoisotopic (exact) mass is 258 g/mol. The quantitative estimate of drug-likeness (QED) is 0.622. The van der Waals surface area contributed by atoms with Gasteiger partial charge in [-0.25, -0.2) is 13.2 Å². The second kappa shape index (κ2) is 5.39. The highest BCUT2D eigenvalue weighted by Crippen LogP contribution is 2.17. The Kier molecular flexibility index (Phi) is 3.86. The predicted molar refractivity (Wildman–Crippen MR) is 59.7 cm³/mol. The molecule has 1 fully saturated rings. The number of nitrogens with one attached hydrogen (secondary N) is 2. The number of benzene rings is 1. The molecule has 1 amide bonds. The van der Waals surface area contributed by atoms with Gasteiger partial charge in [0.15, 0.2) is 17.5 Å². The Labute approximate surface area is 102 Å². The van der Waals surface area contributed by atoms with E-state index in [2.05, 4.69) is 10.6 Å². The fraction of sp³-hybridized carbons (Fsp3) is 0.417. The number of rotatable bonds is 5. The normalized spacial score (nSPS) is 14.6. The summed E-state index contributed by atoms with van der Waals surface area (Å²) in [6, 6.07) is 1.90. The Morgan fingerprint density at radius 2 is 1.78 bits per heavy atom. The Morgan fingerprint density at radius 3 is 2.33 bits per heavy atom. The summed E-state index contributed by atoms with van der Waals surface area (Å²) in [5.74, 6) is -4.92. The number of carbonyl (C=O) groups is 1. The van der Waals surface area contributed by atoms with Gasteiger partial charge in [-0.2, -0.15) is 0 Å². The molecule has 1 aliphatic carbocycles. The molecule has 1 aromatic rings. The fourth-order valence-corrected chi connectivity index (χ4v) is 1.53. The minimum atomic E-state index is -1.57. The second-order valence-electron chi connectivity index (χ2n) is 4.24. The van der Waals surface area contributed by atoms with Crippen molar-refractivity contribution in [2.45, 2.75) is 18.9 Å². The zero-order valence-electron chi connectivity index (χ0n) is 9.60. The molecule has 0 unspecified atom stereocenters. The fourth-order valence-electron chi connectivity index (χ4n) is 1.53. The third-order valence-corrected chi connectivity index (χ3v) is 2.67. The van der Waals surface area contributed by atoms with E-state index in [-0.39, 0.29) is 5.56 Å². The molecule has 3 nitrogen and oxygen atoms in total. The van der Waals surface area contributed by atoms with Crippen LogP contribution in [-0.4, -0.2) is 25.0 Å². The Morgan fingerprint density at radius 1 is 1.17 bits per heavy atom. The van der Waals surface area contributed by atoms with Gasteiger partial charge in [0.25, 0.3) is 5.91 Å². The molecular formula is C12H13F3N2O. The first-order valence-electron chi connectivity index (χ1n) is 5.74. The molecule has 6 heteroatoms. The summed E-state index contributed by atoms with van der Waals surface area (Å²) in [4.78, 5) is 11.5. The molecule has 1 saturated carbocycles. The van der Waals surface area contributed by atoms with Crippen molar-refractivity contribution in [2.75, 3.05) is 13.1 Å². The molecule has 1 aliphatic rings. The molecule has 2 rings (SSSR count). The molecule has 0 aromatic heterocycles. The summed E-state index contributed by atoms with van der Waals surface area (Å²) in [5.41, 5.74) is -0.224. The van der Waals surface area contributed by atoms with Crippen LogP contribution in [0.2, 0.25) is 0 Å². The standard InChI is InChI=1S/C12H13F3N2O/c13-9-5-7(6-10(14)11(9)15)12(18)17-4-3-16-8-1-2-8/h5-6,8,16H,1-4H2,(H,17,18). The van der Waals surface area contributed by atoms with E-state index < -0.39 is 23.4 Å². The zero-order chi connectivity index (χ0) is 13.1. The van der Waals surface area contributed by atoms with Crippen molar-refractivity contribution in [3.63, 3.8) is 0 Å². The third-order valence-electron chi connectivity index (χ3n) is 2.67. The number of carbonyl (C=O) groups excluding carboxylic acids is 1. The highest BCUT2D eigenvalue weighted by Gasteiger charge is 2.20. The van der Waals surface area contributed by atoms with Crippen molar-refractivity contribution < 1.29 is 18.0 Å². The highest BCUT2D eigenvalue weighted by atomic mass is 19.2. The summed E-state index contributed by atoms with van der Waals surface area (Å²) in [5, 5.41) is 5.67. The average molecular weight is 258 g/mol. The van der Waals surface area contributed by atoms with Gasteiger partial charge in [-0.1, -0.05) is 0 Å². The van der Waals surface area contributed by atoms with Crippen LogP contribution in [0, 0.1) is 17.5 Å². The number of hydrogen-bond donors (Lipinski definition) is 2. The van der Waals surface area contributed by atoms with E-state index >= 15 is 0 Å². The van der Waals surface area contributed by atoms with E-state index in [0.717, 1.165) is 12.8 Å². The zero-order valence-corrected chi connectivity index (χ0v) is 9.60. The lowest BCUT2D eigenvalue weighted by Gasteiger charge is -2.06. The second-order valence-corrected chi connectivity index (χ2v) is 4.24. The predicted octanol–water partition coefficient (Wildman–Crippen LogP) is 1.59. The summed E-state index contributed by atoms with van der Waals surface area (Å²) < 4.78 is 38.5. The minimum Gasteiger partial charge on any atom is -0.351 e. The van der Waals surface area contributed by atoms with Gasteiger partial charge in [-0.05, 0) is 25.0 Å². The summed E-state index contributed by atoms with van der Waals surface area (Å²) in [6.07, 6.45) is 2.28. The molecule has 0 spiro atoms. The molecule has 0 aliphatic heterocycles.